The van der Waals surface area contributed by atoms with Crippen LogP contribution in [0.2, 0.25) is 0 Å². The Hall–Kier alpha value is -1.65. The Bertz CT molecular complexity index is 410. The van der Waals surface area contributed by atoms with Gasteiger partial charge in [0.05, 0.1) is 5.92 Å². The highest BCUT2D eigenvalue weighted by atomic mass is 19.1. The van der Waals surface area contributed by atoms with Crippen LogP contribution in [-0.4, -0.2) is 31.0 Å². The van der Waals surface area contributed by atoms with Crippen LogP contribution in [0.15, 0.2) is 18.3 Å². The third kappa shape index (κ3) is 2.54. The van der Waals surface area contributed by atoms with Gasteiger partial charge in [0, 0.05) is 26.3 Å². The van der Waals surface area contributed by atoms with E-state index in [1.165, 1.54) is 6.07 Å². The highest BCUT2D eigenvalue weighted by Gasteiger charge is 2.26. The van der Waals surface area contributed by atoms with E-state index in [1.807, 2.05) is 4.90 Å². The van der Waals surface area contributed by atoms with Crippen molar-refractivity contribution in [3.8, 4) is 0 Å². The second-order valence-corrected chi connectivity index (χ2v) is 4.21. The minimum Gasteiger partial charge on any atom is -0.359 e. The van der Waals surface area contributed by atoms with Crippen LogP contribution in [0.4, 0.5) is 10.2 Å². The quantitative estimate of drug-likeness (QED) is 0.840. The van der Waals surface area contributed by atoms with Gasteiger partial charge in [-0.05, 0) is 25.0 Å². The van der Waals surface area contributed by atoms with E-state index in [9.17, 15) is 9.18 Å². The van der Waals surface area contributed by atoms with Crippen LogP contribution in [0.3, 0.4) is 0 Å². The lowest BCUT2D eigenvalue weighted by Crippen LogP contribution is -2.42. The standard InChI is InChI=1S/C12H16FN3O/c1-14-12(17)9-4-3-7-16(8-9)11-10(13)5-2-6-15-11/h2,5-6,9H,3-4,7-8H2,1H3,(H,14,17). The normalized spacial score (nSPS) is 20.1. The van der Waals surface area contributed by atoms with Gasteiger partial charge in [-0.3, -0.25) is 4.79 Å². The summed E-state index contributed by atoms with van der Waals surface area (Å²) in [6, 6.07) is 2.96. The molecule has 92 valence electrons. The van der Waals surface area contributed by atoms with Crippen molar-refractivity contribution in [1.82, 2.24) is 10.3 Å². The second-order valence-electron chi connectivity index (χ2n) is 4.21. The molecular formula is C12H16FN3O. The molecule has 1 aromatic heterocycles. The van der Waals surface area contributed by atoms with Crippen molar-refractivity contribution < 1.29 is 9.18 Å². The molecule has 0 radical (unpaired) electrons. The molecule has 0 aromatic carbocycles. The molecule has 0 aliphatic carbocycles. The van der Waals surface area contributed by atoms with E-state index in [0.717, 1.165) is 19.4 Å². The van der Waals surface area contributed by atoms with E-state index >= 15 is 0 Å². The fraction of sp³-hybridized carbons (Fsp3) is 0.500. The number of hydrogen-bond acceptors (Lipinski definition) is 3. The lowest BCUT2D eigenvalue weighted by atomic mass is 9.97. The molecule has 1 N–H and O–H groups in total. The van der Waals surface area contributed by atoms with Gasteiger partial charge in [0.1, 0.15) is 0 Å². The summed E-state index contributed by atoms with van der Waals surface area (Å²) in [5.41, 5.74) is 0. The van der Waals surface area contributed by atoms with Crippen molar-refractivity contribution in [3.05, 3.63) is 24.1 Å². The number of nitrogens with one attached hydrogen (secondary N) is 1. The lowest BCUT2D eigenvalue weighted by molar-refractivity contribution is -0.124. The van der Waals surface area contributed by atoms with Gasteiger partial charge in [0.15, 0.2) is 11.6 Å². The molecule has 1 aliphatic rings. The number of piperidine rings is 1. The first-order chi connectivity index (χ1) is 8.22. The Labute approximate surface area is 99.8 Å². The van der Waals surface area contributed by atoms with Crippen LogP contribution in [0, 0.1) is 11.7 Å². The zero-order valence-electron chi connectivity index (χ0n) is 9.82. The topological polar surface area (TPSA) is 45.2 Å². The Balaban J connectivity index is 2.12. The van der Waals surface area contributed by atoms with Crippen LogP contribution in [0.25, 0.3) is 0 Å². The number of amides is 1. The van der Waals surface area contributed by atoms with Gasteiger partial charge in [0.2, 0.25) is 5.91 Å². The number of rotatable bonds is 2. The molecule has 1 amide bonds. The molecule has 1 fully saturated rings. The van der Waals surface area contributed by atoms with Crippen LogP contribution < -0.4 is 10.2 Å². The number of carbonyl (C=O) groups is 1. The SMILES string of the molecule is CNC(=O)C1CCCN(c2ncccc2F)C1. The highest BCUT2D eigenvalue weighted by Crippen LogP contribution is 2.23. The average Bonchev–Trinajstić information content (AvgIpc) is 2.38. The van der Waals surface area contributed by atoms with Crippen molar-refractivity contribution in [2.75, 3.05) is 25.0 Å². The van der Waals surface area contributed by atoms with Crippen molar-refractivity contribution in [2.24, 2.45) is 5.92 Å². The molecule has 17 heavy (non-hydrogen) atoms. The van der Waals surface area contributed by atoms with Gasteiger partial charge in [-0.1, -0.05) is 0 Å². The molecule has 1 aliphatic heterocycles. The first kappa shape index (κ1) is 11.8. The Morgan fingerprint density at radius 2 is 2.47 bits per heavy atom. The zero-order valence-corrected chi connectivity index (χ0v) is 9.82. The van der Waals surface area contributed by atoms with Gasteiger partial charge >= 0.3 is 0 Å². The predicted molar refractivity (Wildman–Crippen MR) is 63.2 cm³/mol. The molecule has 1 atom stereocenters. The molecule has 0 bridgehead atoms. The largest absolute Gasteiger partial charge is 0.359 e. The van der Waals surface area contributed by atoms with E-state index in [0.29, 0.717) is 12.4 Å². The minimum absolute atomic E-state index is 0.0195. The predicted octanol–water partition coefficient (Wildman–Crippen LogP) is 1.18. The van der Waals surface area contributed by atoms with Crippen LogP contribution >= 0.6 is 0 Å². The summed E-state index contributed by atoms with van der Waals surface area (Å²) in [4.78, 5) is 17.5. The van der Waals surface area contributed by atoms with E-state index in [2.05, 4.69) is 10.3 Å². The third-order valence-corrected chi connectivity index (χ3v) is 3.08. The number of halogens is 1. The third-order valence-electron chi connectivity index (χ3n) is 3.08. The fourth-order valence-electron chi connectivity index (χ4n) is 2.20. The van der Waals surface area contributed by atoms with E-state index < -0.39 is 0 Å². The molecular weight excluding hydrogens is 221 g/mol. The molecule has 2 rings (SSSR count). The molecule has 0 saturated carbocycles. The molecule has 1 saturated heterocycles. The van der Waals surface area contributed by atoms with Gasteiger partial charge in [-0.2, -0.15) is 0 Å². The summed E-state index contributed by atoms with van der Waals surface area (Å²) in [5, 5.41) is 2.64. The Morgan fingerprint density at radius 3 is 3.18 bits per heavy atom. The second kappa shape index (κ2) is 5.12. The van der Waals surface area contributed by atoms with Gasteiger partial charge < -0.3 is 10.2 Å². The Morgan fingerprint density at radius 1 is 1.65 bits per heavy atom. The summed E-state index contributed by atoms with van der Waals surface area (Å²) < 4.78 is 13.6. The highest BCUT2D eigenvalue weighted by molar-refractivity contribution is 5.79. The summed E-state index contributed by atoms with van der Waals surface area (Å²) in [5.74, 6) is -0.0349. The number of aromatic nitrogens is 1. The molecule has 4 nitrogen and oxygen atoms in total. The minimum atomic E-state index is -0.329. The molecule has 0 spiro atoms. The molecule has 1 aromatic rings. The number of hydrogen-bond donors (Lipinski definition) is 1. The summed E-state index contributed by atoms with van der Waals surface area (Å²) in [6.45, 7) is 1.29. The average molecular weight is 237 g/mol. The maximum Gasteiger partial charge on any atom is 0.224 e. The first-order valence-corrected chi connectivity index (χ1v) is 5.79. The van der Waals surface area contributed by atoms with Crippen LogP contribution in [0.5, 0.6) is 0 Å². The van der Waals surface area contributed by atoms with E-state index in [4.69, 9.17) is 0 Å². The molecule has 5 heteroatoms. The van der Waals surface area contributed by atoms with Crippen molar-refractivity contribution >= 4 is 11.7 Å². The number of carbonyl (C=O) groups excluding carboxylic acids is 1. The summed E-state index contributed by atoms with van der Waals surface area (Å²) in [7, 11) is 1.63. The van der Waals surface area contributed by atoms with E-state index in [1.54, 1.807) is 19.3 Å². The lowest BCUT2D eigenvalue weighted by Gasteiger charge is -2.32. The number of anilines is 1. The number of pyridine rings is 1. The monoisotopic (exact) mass is 237 g/mol. The van der Waals surface area contributed by atoms with Crippen molar-refractivity contribution in [1.29, 1.82) is 0 Å². The fourth-order valence-corrected chi connectivity index (χ4v) is 2.20. The first-order valence-electron chi connectivity index (χ1n) is 5.79. The summed E-state index contributed by atoms with van der Waals surface area (Å²) in [6.07, 6.45) is 3.31. The van der Waals surface area contributed by atoms with Crippen molar-refractivity contribution in [2.45, 2.75) is 12.8 Å². The van der Waals surface area contributed by atoms with Gasteiger partial charge in [0.25, 0.3) is 0 Å². The van der Waals surface area contributed by atoms with Crippen molar-refractivity contribution in [3.63, 3.8) is 0 Å². The maximum atomic E-state index is 13.6. The molecule has 2 heterocycles. The van der Waals surface area contributed by atoms with Crippen LogP contribution in [-0.2, 0) is 4.79 Å². The molecule has 1 unspecified atom stereocenters. The zero-order chi connectivity index (χ0) is 12.3. The summed E-state index contributed by atoms with van der Waals surface area (Å²) >= 11 is 0. The van der Waals surface area contributed by atoms with Gasteiger partial charge in [-0.25, -0.2) is 9.37 Å². The Kier molecular flexibility index (Phi) is 3.56. The van der Waals surface area contributed by atoms with Gasteiger partial charge in [-0.15, -0.1) is 0 Å². The van der Waals surface area contributed by atoms with Crippen LogP contribution in [0.1, 0.15) is 12.8 Å². The number of nitrogens with zero attached hydrogens (tertiary/aromatic N) is 2. The van der Waals surface area contributed by atoms with E-state index in [-0.39, 0.29) is 17.6 Å². The maximum absolute atomic E-state index is 13.6. The smallest absolute Gasteiger partial charge is 0.224 e.